The molecule has 0 aliphatic rings. The van der Waals surface area contributed by atoms with Crippen molar-refractivity contribution < 1.29 is 41.6 Å². The predicted octanol–water partition coefficient (Wildman–Crippen LogP) is 7.11. The van der Waals surface area contributed by atoms with Gasteiger partial charge in [0.1, 0.15) is 11.4 Å². The molecule has 0 saturated carbocycles. The fourth-order valence-corrected chi connectivity index (χ4v) is 4.72. The van der Waals surface area contributed by atoms with Gasteiger partial charge in [0.15, 0.2) is 5.84 Å². The molecule has 0 aliphatic carbocycles. The summed E-state index contributed by atoms with van der Waals surface area (Å²) in [5, 5.41) is 24.1. The molecule has 0 amide bonds. The SMILES string of the molecule is CCOC(OCC)OCC.CCOCC.FB(F)F.N/C(=N\O)c1cccc(-c2cnn(-c3cccnc3)c2)n1.c1cncc(-n2cc(-c3cccc(-c4ncon4)n3)cn2)c1. The molecule has 22 heteroatoms. The standard InChI is InChI=1S/C15H10N6O.C14H12N6O.C7H16O3.C4H10O.BF3/c1-4-13(19-14(5-1)15-17-10-22-20-15)11-7-18-21(9-11)12-3-2-6-16-8-12;15-14(19-21)13-5-1-4-12(18-13)10-7-17-20(9-10)11-3-2-6-16-8-11;1-4-8-7(9-5-2)10-6-3;1-3-5-4-2;2-1(3)4/h1-10H;1-9,21H,(H2,15,19);7H,4-6H2,1-3H3;3-4H2,1-2H3;. The first-order valence-corrected chi connectivity index (χ1v) is 19.1. The minimum atomic E-state index is -3.67. The van der Waals surface area contributed by atoms with Crippen LogP contribution in [0.5, 0.6) is 0 Å². The third kappa shape index (κ3) is 17.4. The molecule has 7 aromatic heterocycles. The van der Waals surface area contributed by atoms with Crippen molar-refractivity contribution in [3.63, 3.8) is 0 Å². The Labute approximate surface area is 356 Å². The van der Waals surface area contributed by atoms with Crippen molar-refractivity contribution in [3.8, 4) is 45.4 Å². The van der Waals surface area contributed by atoms with Crippen molar-refractivity contribution in [1.82, 2.24) is 49.6 Å². The number of nitrogens with two attached hydrogens (primary N) is 1. The Bertz CT molecular complexity index is 2240. The van der Waals surface area contributed by atoms with Gasteiger partial charge in [0.05, 0.1) is 47.6 Å². The van der Waals surface area contributed by atoms with Crippen LogP contribution in [0.2, 0.25) is 0 Å². The van der Waals surface area contributed by atoms with E-state index in [2.05, 4.69) is 45.4 Å². The van der Waals surface area contributed by atoms with E-state index < -0.39 is 14.0 Å². The number of halogens is 3. The number of hydrogen-bond acceptors (Lipinski definition) is 15. The van der Waals surface area contributed by atoms with Crippen molar-refractivity contribution in [2.75, 3.05) is 33.0 Å². The number of oxime groups is 1. The summed E-state index contributed by atoms with van der Waals surface area (Å²) in [4.78, 5) is 21.0. The zero-order valence-electron chi connectivity index (χ0n) is 34.8. The van der Waals surface area contributed by atoms with Gasteiger partial charge in [0.25, 0.3) is 6.48 Å². The average Bonchev–Trinajstić information content (AvgIpc) is 4.12. The Balaban J connectivity index is 0.000000237. The Kier molecular flexibility index (Phi) is 22.8. The van der Waals surface area contributed by atoms with Gasteiger partial charge in [-0.05, 0) is 83.1 Å². The maximum Gasteiger partial charge on any atom is 0.762 e. The van der Waals surface area contributed by atoms with E-state index in [0.29, 0.717) is 42.7 Å². The second kappa shape index (κ2) is 28.6. The van der Waals surface area contributed by atoms with Gasteiger partial charge >= 0.3 is 7.54 Å². The lowest BCUT2D eigenvalue weighted by molar-refractivity contribution is -0.282. The lowest BCUT2D eigenvalue weighted by Crippen LogP contribution is -2.20. The van der Waals surface area contributed by atoms with Crippen molar-refractivity contribution in [3.05, 3.63) is 122 Å². The van der Waals surface area contributed by atoms with Gasteiger partial charge in [-0.3, -0.25) is 22.9 Å². The summed E-state index contributed by atoms with van der Waals surface area (Å²) < 4.78 is 57.3. The molecule has 7 heterocycles. The molecule has 0 radical (unpaired) electrons. The number of amidine groups is 1. The summed E-state index contributed by atoms with van der Waals surface area (Å²) in [7, 11) is -3.67. The van der Waals surface area contributed by atoms with Crippen molar-refractivity contribution in [2.24, 2.45) is 10.9 Å². The van der Waals surface area contributed by atoms with Gasteiger partial charge in [-0.15, -0.1) is 0 Å². The molecule has 0 bridgehead atoms. The molecule has 7 rings (SSSR count). The molecule has 7 aromatic rings. The molecule has 18 nitrogen and oxygen atoms in total. The third-order valence-electron chi connectivity index (χ3n) is 7.35. The summed E-state index contributed by atoms with van der Waals surface area (Å²) in [5.74, 6) is 0.429. The van der Waals surface area contributed by atoms with E-state index in [0.717, 1.165) is 41.4 Å². The Hall–Kier alpha value is -6.88. The van der Waals surface area contributed by atoms with Gasteiger partial charge in [0.2, 0.25) is 12.2 Å². The normalized spacial score (nSPS) is 10.6. The number of hydrogen-bond donors (Lipinski definition) is 2. The second-order valence-electron chi connectivity index (χ2n) is 11.5. The monoisotopic (exact) mass is 860 g/mol. The molecule has 0 aliphatic heterocycles. The number of pyridine rings is 4. The van der Waals surface area contributed by atoms with E-state index in [1.54, 1.807) is 58.7 Å². The van der Waals surface area contributed by atoms with Gasteiger partial charge in [-0.1, -0.05) is 22.4 Å². The molecular formula is C40H48BF3N12O6. The fourth-order valence-electron chi connectivity index (χ4n) is 4.72. The molecule has 328 valence electrons. The number of ether oxygens (including phenoxy) is 4. The van der Waals surface area contributed by atoms with E-state index in [4.69, 9.17) is 34.4 Å². The zero-order chi connectivity index (χ0) is 45.0. The lowest BCUT2D eigenvalue weighted by Gasteiger charge is -2.15. The molecular weight excluding hydrogens is 812 g/mol. The van der Waals surface area contributed by atoms with E-state index >= 15 is 0 Å². The summed E-state index contributed by atoms with van der Waals surface area (Å²) in [6.07, 6.45) is 15.4. The van der Waals surface area contributed by atoms with Crippen molar-refractivity contribution in [1.29, 1.82) is 0 Å². The Morgan fingerprint density at radius 1 is 0.710 bits per heavy atom. The van der Waals surface area contributed by atoms with Gasteiger partial charge in [-0.2, -0.15) is 15.2 Å². The van der Waals surface area contributed by atoms with Crippen LogP contribution in [0.25, 0.3) is 45.4 Å². The fraction of sp³-hybridized carbons (Fsp3) is 0.275. The number of nitrogens with zero attached hydrogens (tertiary/aromatic N) is 11. The van der Waals surface area contributed by atoms with E-state index in [-0.39, 0.29) is 5.84 Å². The maximum absolute atomic E-state index is 9.67. The van der Waals surface area contributed by atoms with E-state index in [1.807, 2.05) is 95.5 Å². The smallest absolute Gasteiger partial charge is 0.409 e. The van der Waals surface area contributed by atoms with Crippen LogP contribution in [-0.2, 0) is 18.9 Å². The number of aromatic nitrogens is 10. The highest BCUT2D eigenvalue weighted by atomic mass is 19.4. The highest BCUT2D eigenvalue weighted by Gasteiger charge is 2.11. The van der Waals surface area contributed by atoms with Gasteiger partial charge in [-0.25, -0.2) is 19.3 Å². The van der Waals surface area contributed by atoms with E-state index in [1.165, 1.54) is 6.39 Å². The summed E-state index contributed by atoms with van der Waals surface area (Å²) in [5.41, 5.74) is 11.6. The number of rotatable bonds is 14. The maximum atomic E-state index is 9.67. The molecule has 3 N–H and O–H groups in total. The lowest BCUT2D eigenvalue weighted by atomic mass is 10.2. The Morgan fingerprint density at radius 3 is 1.63 bits per heavy atom. The van der Waals surface area contributed by atoms with Crippen LogP contribution in [0, 0.1) is 0 Å². The summed E-state index contributed by atoms with van der Waals surface area (Å²) in [6, 6.07) is 18.5. The second-order valence-corrected chi connectivity index (χ2v) is 11.5. The molecule has 0 saturated heterocycles. The molecule has 62 heavy (non-hydrogen) atoms. The topological polar surface area (TPSA) is 222 Å². The zero-order valence-corrected chi connectivity index (χ0v) is 34.8. The molecule has 0 atom stereocenters. The predicted molar refractivity (Wildman–Crippen MR) is 225 cm³/mol. The van der Waals surface area contributed by atoms with Crippen LogP contribution in [0.4, 0.5) is 12.9 Å². The molecule has 0 fully saturated rings. The molecule has 0 aromatic carbocycles. The quantitative estimate of drug-likeness (QED) is 0.0278. The molecule has 0 unspecified atom stereocenters. The first kappa shape index (κ1) is 49.5. The van der Waals surface area contributed by atoms with Gasteiger partial charge < -0.3 is 34.4 Å². The highest BCUT2D eigenvalue weighted by Crippen LogP contribution is 2.21. The summed E-state index contributed by atoms with van der Waals surface area (Å²) in [6.45, 7) is 12.8. The van der Waals surface area contributed by atoms with Crippen LogP contribution < -0.4 is 5.73 Å². The largest absolute Gasteiger partial charge is 0.762 e. The van der Waals surface area contributed by atoms with Crippen molar-refractivity contribution >= 4 is 13.4 Å². The molecule has 0 spiro atoms. The first-order chi connectivity index (χ1) is 30.2. The van der Waals surface area contributed by atoms with Crippen LogP contribution in [0.3, 0.4) is 0 Å². The van der Waals surface area contributed by atoms with Crippen LogP contribution >= 0.6 is 0 Å². The first-order valence-electron chi connectivity index (χ1n) is 19.1. The third-order valence-corrected chi connectivity index (χ3v) is 7.35. The summed E-state index contributed by atoms with van der Waals surface area (Å²) >= 11 is 0. The van der Waals surface area contributed by atoms with Crippen molar-refractivity contribution in [2.45, 2.75) is 41.1 Å². The minimum Gasteiger partial charge on any atom is -0.409 e. The van der Waals surface area contributed by atoms with Gasteiger partial charge in [0, 0.05) is 68.9 Å². The van der Waals surface area contributed by atoms with E-state index in [9.17, 15) is 12.9 Å². The van der Waals surface area contributed by atoms with Crippen LogP contribution in [0.15, 0.2) is 126 Å². The highest BCUT2D eigenvalue weighted by molar-refractivity contribution is 6.33. The van der Waals surface area contributed by atoms with Crippen LogP contribution in [0.1, 0.15) is 40.3 Å². The Morgan fingerprint density at radius 2 is 1.21 bits per heavy atom. The average molecular weight is 861 g/mol. The minimum absolute atomic E-state index is 0.0310. The van der Waals surface area contributed by atoms with Crippen LogP contribution in [-0.4, -0.2) is 108 Å².